The Morgan fingerprint density at radius 3 is 2.52 bits per heavy atom. The molecular weight excluding hydrogens is 340 g/mol. The maximum atomic E-state index is 13.1. The van der Waals surface area contributed by atoms with Gasteiger partial charge in [0.05, 0.1) is 19.3 Å². The van der Waals surface area contributed by atoms with Crippen molar-refractivity contribution in [2.24, 2.45) is 5.92 Å². The Balaban J connectivity index is 1.47. The van der Waals surface area contributed by atoms with E-state index in [1.54, 1.807) is 0 Å². The molecule has 2 aliphatic heterocycles. The number of hydrogen-bond donors (Lipinski definition) is 1. The first-order valence-corrected chi connectivity index (χ1v) is 10.7. The van der Waals surface area contributed by atoms with E-state index in [2.05, 4.69) is 17.4 Å². The lowest BCUT2D eigenvalue weighted by Crippen LogP contribution is -2.47. The van der Waals surface area contributed by atoms with Crippen LogP contribution in [0.1, 0.15) is 57.1 Å². The van der Waals surface area contributed by atoms with E-state index >= 15 is 0 Å². The SMILES string of the molecule is CCOc1cc2c(cc1OCC)CN(C(=O)C1CC3CCCCC3N1)CC2. The van der Waals surface area contributed by atoms with Gasteiger partial charge in [0.1, 0.15) is 0 Å². The van der Waals surface area contributed by atoms with Gasteiger partial charge in [-0.3, -0.25) is 4.79 Å². The number of nitrogens with zero attached hydrogens (tertiary/aromatic N) is 1. The number of benzene rings is 1. The molecule has 2 heterocycles. The summed E-state index contributed by atoms with van der Waals surface area (Å²) in [5.74, 6) is 2.59. The van der Waals surface area contributed by atoms with Crippen molar-refractivity contribution in [2.75, 3.05) is 19.8 Å². The van der Waals surface area contributed by atoms with Crippen LogP contribution in [-0.2, 0) is 17.8 Å². The summed E-state index contributed by atoms with van der Waals surface area (Å²) in [6.45, 7) is 6.67. The topological polar surface area (TPSA) is 50.8 Å². The molecule has 0 aromatic heterocycles. The lowest BCUT2D eigenvalue weighted by Gasteiger charge is -2.32. The van der Waals surface area contributed by atoms with Crippen LogP contribution in [0.2, 0.25) is 0 Å². The van der Waals surface area contributed by atoms with Crippen LogP contribution >= 0.6 is 0 Å². The smallest absolute Gasteiger partial charge is 0.240 e. The van der Waals surface area contributed by atoms with Crippen LogP contribution in [0.25, 0.3) is 0 Å². The highest BCUT2D eigenvalue weighted by molar-refractivity contribution is 5.82. The predicted octanol–water partition coefficient (Wildman–Crippen LogP) is 3.29. The van der Waals surface area contributed by atoms with Crippen LogP contribution in [0.3, 0.4) is 0 Å². The normalized spacial score (nSPS) is 27.0. The number of nitrogens with one attached hydrogen (secondary N) is 1. The second kappa shape index (κ2) is 8.09. The molecule has 148 valence electrons. The molecule has 1 N–H and O–H groups in total. The molecule has 1 aromatic carbocycles. The number of ether oxygens (including phenoxy) is 2. The van der Waals surface area contributed by atoms with Crippen molar-refractivity contribution in [3.63, 3.8) is 0 Å². The van der Waals surface area contributed by atoms with Gasteiger partial charge in [0.15, 0.2) is 11.5 Å². The van der Waals surface area contributed by atoms with Gasteiger partial charge in [0.25, 0.3) is 0 Å². The van der Waals surface area contributed by atoms with Crippen LogP contribution in [0, 0.1) is 5.92 Å². The maximum Gasteiger partial charge on any atom is 0.240 e. The highest BCUT2D eigenvalue weighted by Gasteiger charge is 2.40. The van der Waals surface area contributed by atoms with Gasteiger partial charge in [-0.05, 0) is 68.7 Å². The third-order valence-corrected chi connectivity index (χ3v) is 6.35. The first-order chi connectivity index (χ1) is 13.2. The molecule has 3 atom stereocenters. The number of carbonyl (C=O) groups is 1. The maximum absolute atomic E-state index is 13.1. The average Bonchev–Trinajstić information content (AvgIpc) is 3.12. The van der Waals surface area contributed by atoms with Crippen molar-refractivity contribution in [2.45, 2.75) is 71.0 Å². The standard InChI is InChI=1S/C22H32N2O3/c1-3-26-20-12-15-9-10-24(14-17(15)13-21(20)27-4-2)22(25)19-11-16-7-5-6-8-18(16)23-19/h12-13,16,18-19,23H,3-11,14H2,1-2H3. The molecule has 4 rings (SSSR count). The van der Waals surface area contributed by atoms with Gasteiger partial charge in [-0.15, -0.1) is 0 Å². The Hall–Kier alpha value is -1.75. The Labute approximate surface area is 162 Å². The summed E-state index contributed by atoms with van der Waals surface area (Å²) < 4.78 is 11.5. The Kier molecular flexibility index (Phi) is 5.58. The molecule has 3 unspecified atom stereocenters. The fourth-order valence-electron chi connectivity index (χ4n) is 5.02. The molecular formula is C22H32N2O3. The van der Waals surface area contributed by atoms with Crippen LogP contribution < -0.4 is 14.8 Å². The predicted molar refractivity (Wildman–Crippen MR) is 105 cm³/mol. The van der Waals surface area contributed by atoms with E-state index in [1.807, 2.05) is 18.7 Å². The third kappa shape index (κ3) is 3.79. The minimum atomic E-state index is 0.00806. The number of amides is 1. The van der Waals surface area contributed by atoms with Crippen molar-refractivity contribution in [3.05, 3.63) is 23.3 Å². The van der Waals surface area contributed by atoms with Crippen molar-refractivity contribution < 1.29 is 14.3 Å². The van der Waals surface area contributed by atoms with E-state index in [9.17, 15) is 4.79 Å². The first kappa shape index (κ1) is 18.6. The van der Waals surface area contributed by atoms with E-state index in [4.69, 9.17) is 9.47 Å². The number of fused-ring (bicyclic) bond motifs is 2. The van der Waals surface area contributed by atoms with Gasteiger partial charge >= 0.3 is 0 Å². The van der Waals surface area contributed by atoms with Gasteiger partial charge in [-0.25, -0.2) is 0 Å². The molecule has 5 nitrogen and oxygen atoms in total. The van der Waals surface area contributed by atoms with E-state index in [1.165, 1.54) is 36.8 Å². The van der Waals surface area contributed by atoms with Gasteiger partial charge in [0.2, 0.25) is 5.91 Å². The first-order valence-electron chi connectivity index (χ1n) is 10.7. The van der Waals surface area contributed by atoms with Gasteiger partial charge in [-0.1, -0.05) is 12.8 Å². The molecule has 5 heteroatoms. The van der Waals surface area contributed by atoms with Gasteiger partial charge in [-0.2, -0.15) is 0 Å². The summed E-state index contributed by atoms with van der Waals surface area (Å²) in [6, 6.07) is 4.75. The highest BCUT2D eigenvalue weighted by Crippen LogP contribution is 2.36. The van der Waals surface area contributed by atoms with Crippen molar-refractivity contribution in [1.29, 1.82) is 0 Å². The molecule has 0 bridgehead atoms. The number of carbonyl (C=O) groups excluding carboxylic acids is 1. The highest BCUT2D eigenvalue weighted by atomic mass is 16.5. The molecule has 27 heavy (non-hydrogen) atoms. The van der Waals surface area contributed by atoms with Crippen molar-refractivity contribution >= 4 is 5.91 Å². The molecule has 2 fully saturated rings. The van der Waals surface area contributed by atoms with Gasteiger partial charge in [0, 0.05) is 19.1 Å². The summed E-state index contributed by atoms with van der Waals surface area (Å²) >= 11 is 0. The molecule has 1 aromatic rings. The second-order valence-corrected chi connectivity index (χ2v) is 8.05. The van der Waals surface area contributed by atoms with E-state index in [-0.39, 0.29) is 11.9 Å². The lowest BCUT2D eigenvalue weighted by molar-refractivity contribution is -0.134. The monoisotopic (exact) mass is 372 g/mol. The average molecular weight is 373 g/mol. The summed E-state index contributed by atoms with van der Waals surface area (Å²) in [6.07, 6.45) is 7.03. The third-order valence-electron chi connectivity index (χ3n) is 6.35. The lowest BCUT2D eigenvalue weighted by atomic mass is 9.85. The van der Waals surface area contributed by atoms with Crippen LogP contribution in [-0.4, -0.2) is 42.6 Å². The van der Waals surface area contributed by atoms with Gasteiger partial charge < -0.3 is 19.7 Å². The summed E-state index contributed by atoms with van der Waals surface area (Å²) in [5, 5.41) is 3.64. The Morgan fingerprint density at radius 1 is 1.11 bits per heavy atom. The zero-order valence-electron chi connectivity index (χ0n) is 16.6. The Morgan fingerprint density at radius 2 is 1.81 bits per heavy atom. The fourth-order valence-corrected chi connectivity index (χ4v) is 5.02. The minimum Gasteiger partial charge on any atom is -0.490 e. The summed E-state index contributed by atoms with van der Waals surface area (Å²) in [4.78, 5) is 15.2. The molecule has 0 spiro atoms. The van der Waals surface area contributed by atoms with Crippen LogP contribution in [0.5, 0.6) is 11.5 Å². The second-order valence-electron chi connectivity index (χ2n) is 8.05. The van der Waals surface area contributed by atoms with Crippen molar-refractivity contribution in [1.82, 2.24) is 10.2 Å². The molecule has 1 saturated heterocycles. The zero-order valence-corrected chi connectivity index (χ0v) is 16.6. The zero-order chi connectivity index (χ0) is 18.8. The minimum absolute atomic E-state index is 0.00806. The molecule has 0 radical (unpaired) electrons. The quantitative estimate of drug-likeness (QED) is 0.862. The number of rotatable bonds is 5. The van der Waals surface area contributed by atoms with Crippen LogP contribution in [0.4, 0.5) is 0 Å². The number of hydrogen-bond acceptors (Lipinski definition) is 4. The summed E-state index contributed by atoms with van der Waals surface area (Å²) in [7, 11) is 0. The van der Waals surface area contributed by atoms with Crippen molar-refractivity contribution in [3.8, 4) is 11.5 Å². The largest absolute Gasteiger partial charge is 0.490 e. The molecule has 1 aliphatic carbocycles. The fraction of sp³-hybridized carbons (Fsp3) is 0.682. The molecule has 3 aliphatic rings. The van der Waals surface area contributed by atoms with E-state index in [0.29, 0.717) is 31.7 Å². The Bertz CT molecular complexity index is 676. The molecule has 1 amide bonds. The van der Waals surface area contributed by atoms with Crippen LogP contribution in [0.15, 0.2) is 12.1 Å². The van der Waals surface area contributed by atoms with E-state index in [0.717, 1.165) is 30.9 Å². The molecule has 1 saturated carbocycles. The summed E-state index contributed by atoms with van der Waals surface area (Å²) in [5.41, 5.74) is 2.47. The van der Waals surface area contributed by atoms with E-state index < -0.39 is 0 Å².